The molecule has 3 rings (SSSR count). The predicted molar refractivity (Wildman–Crippen MR) is 82.5 cm³/mol. The molecule has 1 unspecified atom stereocenters. The molecule has 3 nitrogen and oxygen atoms in total. The zero-order chi connectivity index (χ0) is 13.9. The predicted octanol–water partition coefficient (Wildman–Crippen LogP) is 2.69. The molecule has 0 spiro atoms. The molecule has 0 bridgehead atoms. The maximum Gasteiger partial charge on any atom is 0.0640 e. The number of nitrogens with zero attached hydrogens (tertiary/aromatic N) is 2. The second-order valence-corrected chi connectivity index (χ2v) is 5.33. The summed E-state index contributed by atoms with van der Waals surface area (Å²) in [6, 6.07) is 17.1. The fraction of sp³-hybridized carbons (Fsp3) is 0.235. The van der Waals surface area contributed by atoms with E-state index in [1.54, 1.807) is 0 Å². The lowest BCUT2D eigenvalue weighted by Crippen LogP contribution is -2.25. The van der Waals surface area contributed by atoms with Crippen molar-refractivity contribution < 1.29 is 0 Å². The third-order valence-electron chi connectivity index (χ3n) is 3.55. The number of hydrogen-bond donors (Lipinski definition) is 1. The van der Waals surface area contributed by atoms with Gasteiger partial charge in [-0.05, 0) is 28.8 Å². The first-order chi connectivity index (χ1) is 9.70. The van der Waals surface area contributed by atoms with E-state index in [1.807, 2.05) is 24.0 Å². The van der Waals surface area contributed by atoms with Crippen molar-refractivity contribution in [2.75, 3.05) is 0 Å². The van der Waals surface area contributed by atoms with Crippen molar-refractivity contribution in [3.8, 4) is 0 Å². The molecule has 3 heteroatoms. The Morgan fingerprint density at radius 3 is 2.60 bits per heavy atom. The molecule has 0 radical (unpaired) electrons. The van der Waals surface area contributed by atoms with Gasteiger partial charge in [0.05, 0.1) is 5.69 Å². The highest BCUT2D eigenvalue weighted by Crippen LogP contribution is 2.17. The Hall–Kier alpha value is -2.13. The summed E-state index contributed by atoms with van der Waals surface area (Å²) in [4.78, 5) is 0. The van der Waals surface area contributed by atoms with Crippen molar-refractivity contribution in [2.45, 2.75) is 18.9 Å². The van der Waals surface area contributed by atoms with E-state index in [4.69, 9.17) is 5.73 Å². The lowest BCUT2D eigenvalue weighted by atomic mass is 10.00. The molecule has 0 amide bonds. The van der Waals surface area contributed by atoms with Crippen LogP contribution >= 0.6 is 0 Å². The van der Waals surface area contributed by atoms with E-state index < -0.39 is 0 Å². The van der Waals surface area contributed by atoms with Crippen LogP contribution in [0.4, 0.5) is 0 Å². The quantitative estimate of drug-likeness (QED) is 0.788. The number of hydrogen-bond acceptors (Lipinski definition) is 2. The number of fused-ring (bicyclic) bond motifs is 1. The molecule has 20 heavy (non-hydrogen) atoms. The second kappa shape index (κ2) is 5.47. The van der Waals surface area contributed by atoms with E-state index in [1.165, 1.54) is 16.3 Å². The van der Waals surface area contributed by atoms with Crippen LogP contribution in [0.3, 0.4) is 0 Å². The third kappa shape index (κ3) is 2.89. The van der Waals surface area contributed by atoms with Crippen molar-refractivity contribution >= 4 is 10.8 Å². The SMILES string of the molecule is Cn1ccc(CC(N)Cc2ccc3ccccc3c2)n1. The van der Waals surface area contributed by atoms with Crippen LogP contribution < -0.4 is 5.73 Å². The Bertz CT molecular complexity index is 715. The first kappa shape index (κ1) is 12.9. The minimum atomic E-state index is 0.103. The number of aryl methyl sites for hydroxylation is 1. The Labute approximate surface area is 119 Å². The lowest BCUT2D eigenvalue weighted by Gasteiger charge is -2.11. The van der Waals surface area contributed by atoms with Crippen LogP contribution in [0, 0.1) is 0 Å². The highest BCUT2D eigenvalue weighted by molar-refractivity contribution is 5.82. The smallest absolute Gasteiger partial charge is 0.0640 e. The van der Waals surface area contributed by atoms with Crippen molar-refractivity contribution in [3.63, 3.8) is 0 Å². The fourth-order valence-corrected chi connectivity index (χ4v) is 2.58. The first-order valence-electron chi connectivity index (χ1n) is 6.92. The summed E-state index contributed by atoms with van der Waals surface area (Å²) in [6.07, 6.45) is 3.65. The van der Waals surface area contributed by atoms with Gasteiger partial charge in [0.25, 0.3) is 0 Å². The summed E-state index contributed by atoms with van der Waals surface area (Å²) in [5, 5.41) is 6.92. The summed E-state index contributed by atoms with van der Waals surface area (Å²) >= 11 is 0. The van der Waals surface area contributed by atoms with E-state index in [0.29, 0.717) is 0 Å². The first-order valence-corrected chi connectivity index (χ1v) is 6.92. The van der Waals surface area contributed by atoms with Gasteiger partial charge in [0.2, 0.25) is 0 Å². The summed E-state index contributed by atoms with van der Waals surface area (Å²) < 4.78 is 1.82. The lowest BCUT2D eigenvalue weighted by molar-refractivity contribution is 0.639. The Morgan fingerprint density at radius 1 is 1.05 bits per heavy atom. The Balaban J connectivity index is 1.72. The molecule has 0 saturated heterocycles. The zero-order valence-corrected chi connectivity index (χ0v) is 11.7. The van der Waals surface area contributed by atoms with Crippen LogP contribution in [0.15, 0.2) is 54.7 Å². The highest BCUT2D eigenvalue weighted by atomic mass is 15.2. The Morgan fingerprint density at radius 2 is 1.85 bits per heavy atom. The fourth-order valence-electron chi connectivity index (χ4n) is 2.58. The van der Waals surface area contributed by atoms with Gasteiger partial charge in [-0.3, -0.25) is 4.68 Å². The molecule has 1 heterocycles. The third-order valence-corrected chi connectivity index (χ3v) is 3.55. The molecule has 0 aliphatic rings. The summed E-state index contributed by atoms with van der Waals surface area (Å²) in [5.41, 5.74) is 8.58. The monoisotopic (exact) mass is 265 g/mol. The van der Waals surface area contributed by atoms with E-state index >= 15 is 0 Å². The molecule has 0 aliphatic carbocycles. The number of benzene rings is 2. The number of nitrogens with two attached hydrogens (primary N) is 1. The molecule has 0 saturated carbocycles. The van der Waals surface area contributed by atoms with Crippen LogP contribution in [0.5, 0.6) is 0 Å². The van der Waals surface area contributed by atoms with Gasteiger partial charge >= 0.3 is 0 Å². The van der Waals surface area contributed by atoms with Gasteiger partial charge in [0.1, 0.15) is 0 Å². The van der Waals surface area contributed by atoms with Crippen molar-refractivity contribution in [3.05, 3.63) is 66.0 Å². The van der Waals surface area contributed by atoms with E-state index in [2.05, 4.69) is 47.6 Å². The second-order valence-electron chi connectivity index (χ2n) is 5.33. The molecule has 3 aromatic rings. The van der Waals surface area contributed by atoms with Gasteiger partial charge in [0.15, 0.2) is 0 Å². The van der Waals surface area contributed by atoms with E-state index in [9.17, 15) is 0 Å². The van der Waals surface area contributed by atoms with E-state index in [-0.39, 0.29) is 6.04 Å². The average molecular weight is 265 g/mol. The molecule has 2 aromatic carbocycles. The molecule has 1 atom stereocenters. The molecular weight excluding hydrogens is 246 g/mol. The highest BCUT2D eigenvalue weighted by Gasteiger charge is 2.08. The van der Waals surface area contributed by atoms with Gasteiger partial charge in [0, 0.05) is 25.7 Å². The normalized spacial score (nSPS) is 12.7. The van der Waals surface area contributed by atoms with Gasteiger partial charge in [-0.15, -0.1) is 0 Å². The molecule has 0 aliphatic heterocycles. The van der Waals surface area contributed by atoms with Gasteiger partial charge in [-0.25, -0.2) is 0 Å². The number of aromatic nitrogens is 2. The molecule has 2 N–H and O–H groups in total. The van der Waals surface area contributed by atoms with Gasteiger partial charge in [-0.1, -0.05) is 42.5 Å². The number of rotatable bonds is 4. The Kier molecular flexibility index (Phi) is 3.52. The minimum absolute atomic E-state index is 0.103. The minimum Gasteiger partial charge on any atom is -0.327 e. The van der Waals surface area contributed by atoms with E-state index in [0.717, 1.165) is 18.5 Å². The van der Waals surface area contributed by atoms with Crippen LogP contribution in [0.25, 0.3) is 10.8 Å². The van der Waals surface area contributed by atoms with Crippen LogP contribution in [-0.4, -0.2) is 15.8 Å². The maximum atomic E-state index is 6.24. The standard InChI is InChI=1S/C17H19N3/c1-20-9-8-17(19-20)12-16(18)11-13-6-7-14-4-2-3-5-15(14)10-13/h2-10,16H,11-12,18H2,1H3. The van der Waals surface area contributed by atoms with Crippen LogP contribution in [0.1, 0.15) is 11.3 Å². The topological polar surface area (TPSA) is 43.8 Å². The van der Waals surface area contributed by atoms with Gasteiger partial charge < -0.3 is 5.73 Å². The van der Waals surface area contributed by atoms with Crippen molar-refractivity contribution in [1.29, 1.82) is 0 Å². The van der Waals surface area contributed by atoms with Gasteiger partial charge in [-0.2, -0.15) is 5.10 Å². The van der Waals surface area contributed by atoms with Crippen LogP contribution in [-0.2, 0) is 19.9 Å². The summed E-state index contributed by atoms with van der Waals surface area (Å²) in [5.74, 6) is 0. The summed E-state index contributed by atoms with van der Waals surface area (Å²) in [6.45, 7) is 0. The average Bonchev–Trinajstić information content (AvgIpc) is 2.83. The van der Waals surface area contributed by atoms with Crippen molar-refractivity contribution in [2.24, 2.45) is 12.8 Å². The molecule has 1 aromatic heterocycles. The van der Waals surface area contributed by atoms with Crippen molar-refractivity contribution in [1.82, 2.24) is 9.78 Å². The maximum absolute atomic E-state index is 6.24. The molecular formula is C17H19N3. The zero-order valence-electron chi connectivity index (χ0n) is 11.7. The molecule has 0 fully saturated rings. The molecule has 102 valence electrons. The summed E-state index contributed by atoms with van der Waals surface area (Å²) in [7, 11) is 1.93. The largest absolute Gasteiger partial charge is 0.327 e. The van der Waals surface area contributed by atoms with Crippen LogP contribution in [0.2, 0.25) is 0 Å².